The zero-order valence-corrected chi connectivity index (χ0v) is 12.5. The van der Waals surface area contributed by atoms with Gasteiger partial charge in [-0.25, -0.2) is 13.6 Å². The van der Waals surface area contributed by atoms with E-state index < -0.39 is 10.0 Å². The highest BCUT2D eigenvalue weighted by molar-refractivity contribution is 7.89. The molecule has 1 aromatic carbocycles. The Morgan fingerprint density at radius 2 is 2.10 bits per heavy atom. The molecule has 0 unspecified atom stereocenters. The summed E-state index contributed by atoms with van der Waals surface area (Å²) in [5.74, 6) is 0.559. The number of hydrogen-bond donors (Lipinski definition) is 1. The number of benzene rings is 1. The van der Waals surface area contributed by atoms with Gasteiger partial charge in [-0.05, 0) is 18.1 Å². The number of hydrogen-bond acceptors (Lipinski definition) is 5. The lowest BCUT2D eigenvalue weighted by Gasteiger charge is -2.11. The molecule has 0 aliphatic carbocycles. The van der Waals surface area contributed by atoms with Crippen molar-refractivity contribution in [2.75, 3.05) is 0 Å². The van der Waals surface area contributed by atoms with E-state index in [4.69, 9.17) is 10.4 Å². The smallest absolute Gasteiger partial charge is 0.273 e. The first kappa shape index (κ1) is 15.2. The van der Waals surface area contributed by atoms with Crippen molar-refractivity contribution < 1.29 is 8.42 Å². The molecule has 0 atom stereocenters. The number of rotatable bonds is 4. The Balaban J connectivity index is 2.64. The Hall–Kier alpha value is -2.24. The van der Waals surface area contributed by atoms with Crippen molar-refractivity contribution in [3.8, 4) is 17.5 Å². The molecule has 1 aromatic heterocycles. The van der Waals surface area contributed by atoms with Crippen LogP contribution < -0.4 is 5.14 Å². The predicted molar refractivity (Wildman–Crippen MR) is 76.4 cm³/mol. The second-order valence-electron chi connectivity index (χ2n) is 5.05. The molecule has 1 heterocycles. The predicted octanol–water partition coefficient (Wildman–Crippen LogP) is 1.12. The topological polar surface area (TPSA) is 115 Å². The Labute approximate surface area is 123 Å². The van der Waals surface area contributed by atoms with E-state index in [2.05, 4.69) is 10.2 Å². The molecule has 2 aromatic rings. The first-order chi connectivity index (χ1) is 9.82. The van der Waals surface area contributed by atoms with Gasteiger partial charge in [0.25, 0.3) is 15.2 Å². The Morgan fingerprint density at radius 1 is 1.38 bits per heavy atom. The summed E-state index contributed by atoms with van der Waals surface area (Å²) in [5, 5.41) is 21.5. The molecule has 7 nitrogen and oxygen atoms in total. The fraction of sp³-hybridized carbons (Fsp3) is 0.308. The van der Waals surface area contributed by atoms with E-state index in [0.717, 1.165) is 0 Å². The van der Waals surface area contributed by atoms with E-state index in [9.17, 15) is 8.42 Å². The molecule has 0 radical (unpaired) electrons. The zero-order chi connectivity index (χ0) is 15.6. The normalized spacial score (nSPS) is 11.6. The lowest BCUT2D eigenvalue weighted by atomic mass is 10.1. The van der Waals surface area contributed by atoms with Gasteiger partial charge in [-0.1, -0.05) is 26.0 Å². The summed E-state index contributed by atoms with van der Waals surface area (Å²) in [7, 11) is -3.96. The minimum atomic E-state index is -3.96. The molecule has 110 valence electrons. The Bertz CT molecular complexity index is 802. The summed E-state index contributed by atoms with van der Waals surface area (Å²) in [6, 6.07) is 8.78. The van der Waals surface area contributed by atoms with Crippen LogP contribution in [0.1, 0.15) is 19.4 Å². The molecule has 2 N–H and O–H groups in total. The minimum absolute atomic E-state index is 0.180. The number of nitrogens with two attached hydrogens (primary N) is 1. The summed E-state index contributed by atoms with van der Waals surface area (Å²) < 4.78 is 24.7. The average molecular weight is 305 g/mol. The number of primary sulfonamides is 1. The molecule has 0 fully saturated rings. The van der Waals surface area contributed by atoms with Gasteiger partial charge in [-0.15, -0.1) is 10.2 Å². The molecule has 0 aliphatic heterocycles. The highest BCUT2D eigenvalue weighted by Gasteiger charge is 2.22. The number of nitriles is 1. The van der Waals surface area contributed by atoms with Crippen LogP contribution >= 0.6 is 0 Å². The van der Waals surface area contributed by atoms with Crippen molar-refractivity contribution >= 4 is 10.0 Å². The molecule has 0 saturated heterocycles. The van der Waals surface area contributed by atoms with Crippen LogP contribution in [0.4, 0.5) is 0 Å². The van der Waals surface area contributed by atoms with Crippen LogP contribution in [-0.4, -0.2) is 23.2 Å². The fourth-order valence-electron chi connectivity index (χ4n) is 1.97. The van der Waals surface area contributed by atoms with E-state index in [-0.39, 0.29) is 11.1 Å². The molecule has 0 amide bonds. The zero-order valence-electron chi connectivity index (χ0n) is 11.7. The molecule has 0 saturated carbocycles. The van der Waals surface area contributed by atoms with Crippen LogP contribution in [-0.2, 0) is 16.6 Å². The van der Waals surface area contributed by atoms with Gasteiger partial charge in [0.15, 0.2) is 5.82 Å². The second kappa shape index (κ2) is 5.63. The lowest BCUT2D eigenvalue weighted by Crippen LogP contribution is -2.20. The summed E-state index contributed by atoms with van der Waals surface area (Å²) in [6.07, 6.45) is 0. The molecule has 2 rings (SSSR count). The van der Waals surface area contributed by atoms with Gasteiger partial charge in [0, 0.05) is 12.1 Å². The third-order valence-corrected chi connectivity index (χ3v) is 3.58. The molecule has 0 spiro atoms. The van der Waals surface area contributed by atoms with Crippen LogP contribution in [0, 0.1) is 17.2 Å². The van der Waals surface area contributed by atoms with Crippen LogP contribution in [0.15, 0.2) is 29.4 Å². The molecule has 0 bridgehead atoms. The van der Waals surface area contributed by atoms with Crippen LogP contribution in [0.2, 0.25) is 0 Å². The Morgan fingerprint density at radius 3 is 2.67 bits per heavy atom. The van der Waals surface area contributed by atoms with Gasteiger partial charge in [0.1, 0.15) is 0 Å². The minimum Gasteiger partial charge on any atom is -0.296 e. The van der Waals surface area contributed by atoms with Gasteiger partial charge in [0.05, 0.1) is 11.6 Å². The van der Waals surface area contributed by atoms with E-state index in [1.807, 2.05) is 19.9 Å². The summed E-state index contributed by atoms with van der Waals surface area (Å²) in [4.78, 5) is 0. The van der Waals surface area contributed by atoms with Crippen molar-refractivity contribution in [3.05, 3.63) is 29.8 Å². The SMILES string of the molecule is CC(C)Cn1c(-c2cccc(C#N)c2)nnc1S(N)(=O)=O. The third-order valence-electron chi connectivity index (χ3n) is 2.77. The monoisotopic (exact) mass is 305 g/mol. The van der Waals surface area contributed by atoms with Gasteiger partial charge < -0.3 is 0 Å². The van der Waals surface area contributed by atoms with Crippen LogP contribution in [0.5, 0.6) is 0 Å². The lowest BCUT2D eigenvalue weighted by molar-refractivity contribution is 0.486. The first-order valence-corrected chi connectivity index (χ1v) is 7.84. The molecule has 21 heavy (non-hydrogen) atoms. The molecular formula is C13H15N5O2S. The van der Waals surface area contributed by atoms with Crippen molar-refractivity contribution in [2.45, 2.75) is 25.5 Å². The quantitative estimate of drug-likeness (QED) is 0.909. The van der Waals surface area contributed by atoms with Gasteiger partial charge in [-0.2, -0.15) is 5.26 Å². The third kappa shape index (κ3) is 3.26. The first-order valence-electron chi connectivity index (χ1n) is 6.29. The van der Waals surface area contributed by atoms with Crippen LogP contribution in [0.25, 0.3) is 11.4 Å². The largest absolute Gasteiger partial charge is 0.296 e. The maximum absolute atomic E-state index is 11.6. The number of nitrogens with zero attached hydrogens (tertiary/aromatic N) is 4. The molecular weight excluding hydrogens is 290 g/mol. The summed E-state index contributed by atoms with van der Waals surface area (Å²) in [5.41, 5.74) is 1.08. The number of aromatic nitrogens is 3. The summed E-state index contributed by atoms with van der Waals surface area (Å²) >= 11 is 0. The van der Waals surface area contributed by atoms with Gasteiger partial charge in [-0.3, -0.25) is 4.57 Å². The summed E-state index contributed by atoms with van der Waals surface area (Å²) in [6.45, 7) is 4.30. The Kier molecular flexibility index (Phi) is 4.06. The van der Waals surface area contributed by atoms with E-state index in [1.54, 1.807) is 24.3 Å². The standard InChI is InChI=1S/C13H15N5O2S/c1-9(2)8-18-12(16-17-13(18)21(15,19)20)11-5-3-4-10(6-11)7-14/h3-6,9H,8H2,1-2H3,(H2,15,19,20). The van der Waals surface area contributed by atoms with Gasteiger partial charge >= 0.3 is 0 Å². The van der Waals surface area contributed by atoms with E-state index in [1.165, 1.54) is 4.57 Å². The van der Waals surface area contributed by atoms with Crippen molar-refractivity contribution in [3.63, 3.8) is 0 Å². The second-order valence-corrected chi connectivity index (χ2v) is 6.50. The molecule has 0 aliphatic rings. The average Bonchev–Trinajstić information content (AvgIpc) is 2.81. The highest BCUT2D eigenvalue weighted by atomic mass is 32.2. The van der Waals surface area contributed by atoms with E-state index >= 15 is 0 Å². The highest BCUT2D eigenvalue weighted by Crippen LogP contribution is 2.22. The van der Waals surface area contributed by atoms with Crippen molar-refractivity contribution in [1.82, 2.24) is 14.8 Å². The maximum Gasteiger partial charge on any atom is 0.273 e. The van der Waals surface area contributed by atoms with Crippen molar-refractivity contribution in [2.24, 2.45) is 11.1 Å². The molecule has 8 heteroatoms. The van der Waals surface area contributed by atoms with Crippen molar-refractivity contribution in [1.29, 1.82) is 5.26 Å². The van der Waals surface area contributed by atoms with Gasteiger partial charge in [0.2, 0.25) is 0 Å². The fourth-order valence-corrected chi connectivity index (χ4v) is 2.59. The van der Waals surface area contributed by atoms with E-state index in [0.29, 0.717) is 23.5 Å². The number of sulfonamides is 1. The maximum atomic E-state index is 11.6. The van der Waals surface area contributed by atoms with Crippen LogP contribution in [0.3, 0.4) is 0 Å².